The summed E-state index contributed by atoms with van der Waals surface area (Å²) < 4.78 is 28.0. The van der Waals surface area contributed by atoms with Crippen molar-refractivity contribution < 1.29 is 13.2 Å². The number of imidazole rings is 1. The molecular weight excluding hydrogens is 362 g/mol. The number of benzene rings is 2. The molecule has 0 atom stereocenters. The number of nitrogens with zero attached hydrogens (tertiary/aromatic N) is 2. The number of hydrogen-bond donors (Lipinski definition) is 1. The van der Waals surface area contributed by atoms with Gasteiger partial charge < -0.3 is 4.57 Å². The molecule has 0 bridgehead atoms. The van der Waals surface area contributed by atoms with Gasteiger partial charge in [-0.2, -0.15) is 0 Å². The van der Waals surface area contributed by atoms with Crippen LogP contribution in [0.25, 0.3) is 0 Å². The number of amides is 1. The Kier molecular flexibility index (Phi) is 4.87. The summed E-state index contributed by atoms with van der Waals surface area (Å²) in [5, 5.41) is 0.639. The van der Waals surface area contributed by atoms with E-state index >= 15 is 0 Å². The van der Waals surface area contributed by atoms with Crippen LogP contribution in [-0.4, -0.2) is 23.9 Å². The van der Waals surface area contributed by atoms with Crippen molar-refractivity contribution in [1.82, 2.24) is 14.3 Å². The lowest BCUT2D eigenvalue weighted by Crippen LogP contribution is -2.30. The molecule has 6 nitrogen and oxygen atoms in total. The van der Waals surface area contributed by atoms with E-state index in [1.165, 1.54) is 24.7 Å². The summed E-state index contributed by atoms with van der Waals surface area (Å²) in [6.45, 7) is 0.489. The van der Waals surface area contributed by atoms with Gasteiger partial charge in [-0.05, 0) is 29.8 Å². The van der Waals surface area contributed by atoms with Crippen LogP contribution in [-0.2, 0) is 16.6 Å². The third-order valence-electron chi connectivity index (χ3n) is 3.42. The fourth-order valence-electron chi connectivity index (χ4n) is 2.20. The third-order valence-corrected chi connectivity index (χ3v) is 5.02. The number of carbonyl (C=O) groups excluding carboxylic acids is 1. The van der Waals surface area contributed by atoms with Gasteiger partial charge in [-0.25, -0.2) is 18.1 Å². The molecule has 0 saturated carbocycles. The van der Waals surface area contributed by atoms with Crippen molar-refractivity contribution in [2.75, 3.05) is 0 Å². The molecule has 0 aliphatic carbocycles. The van der Waals surface area contributed by atoms with Gasteiger partial charge in [0.25, 0.3) is 15.9 Å². The Morgan fingerprint density at radius 3 is 2.44 bits per heavy atom. The number of rotatable bonds is 5. The van der Waals surface area contributed by atoms with Gasteiger partial charge >= 0.3 is 0 Å². The van der Waals surface area contributed by atoms with Crippen molar-refractivity contribution in [3.8, 4) is 0 Å². The quantitative estimate of drug-likeness (QED) is 0.743. The van der Waals surface area contributed by atoms with Gasteiger partial charge in [0, 0.05) is 17.8 Å². The second-order valence-electron chi connectivity index (χ2n) is 5.31. The van der Waals surface area contributed by atoms with Crippen molar-refractivity contribution in [1.29, 1.82) is 0 Å². The standard InChI is InChI=1S/C17H14ClN3O3S/c18-14-8-6-13(7-9-14)10-21-11-16(19-12-21)17(22)20-25(23,24)15-4-2-1-3-5-15/h1-9,11-12H,10H2,(H,20,22). The molecule has 25 heavy (non-hydrogen) atoms. The second kappa shape index (κ2) is 7.08. The van der Waals surface area contributed by atoms with E-state index in [4.69, 9.17) is 11.6 Å². The summed E-state index contributed by atoms with van der Waals surface area (Å²) in [7, 11) is -3.93. The van der Waals surface area contributed by atoms with E-state index in [-0.39, 0.29) is 10.6 Å². The maximum atomic E-state index is 12.2. The highest BCUT2D eigenvalue weighted by Gasteiger charge is 2.19. The first-order valence-electron chi connectivity index (χ1n) is 7.32. The van der Waals surface area contributed by atoms with Crippen LogP contribution < -0.4 is 4.72 Å². The fraction of sp³-hybridized carbons (Fsp3) is 0.0588. The summed E-state index contributed by atoms with van der Waals surface area (Å²) in [6, 6.07) is 15.0. The molecule has 1 N–H and O–H groups in total. The van der Waals surface area contributed by atoms with Gasteiger partial charge in [-0.1, -0.05) is 41.9 Å². The third kappa shape index (κ3) is 4.26. The predicted molar refractivity (Wildman–Crippen MR) is 93.9 cm³/mol. The Morgan fingerprint density at radius 2 is 1.76 bits per heavy atom. The summed E-state index contributed by atoms with van der Waals surface area (Å²) in [5.41, 5.74) is 0.999. The largest absolute Gasteiger partial charge is 0.332 e. The maximum Gasteiger partial charge on any atom is 0.285 e. The Balaban J connectivity index is 1.71. The van der Waals surface area contributed by atoms with Crippen molar-refractivity contribution in [3.05, 3.63) is 83.4 Å². The smallest absolute Gasteiger partial charge is 0.285 e. The highest BCUT2D eigenvalue weighted by molar-refractivity contribution is 7.90. The van der Waals surface area contributed by atoms with Crippen molar-refractivity contribution in [3.63, 3.8) is 0 Å². The SMILES string of the molecule is O=C(NS(=O)(=O)c1ccccc1)c1cn(Cc2ccc(Cl)cc2)cn1. The maximum absolute atomic E-state index is 12.2. The molecule has 0 saturated heterocycles. The summed E-state index contributed by atoms with van der Waals surface area (Å²) in [4.78, 5) is 16.1. The van der Waals surface area contributed by atoms with E-state index in [0.29, 0.717) is 11.6 Å². The first kappa shape index (κ1) is 17.2. The first-order valence-corrected chi connectivity index (χ1v) is 9.18. The van der Waals surface area contributed by atoms with Gasteiger partial charge in [-0.3, -0.25) is 4.79 Å². The normalized spacial score (nSPS) is 11.2. The van der Waals surface area contributed by atoms with Gasteiger partial charge in [0.1, 0.15) is 5.69 Å². The zero-order valence-corrected chi connectivity index (χ0v) is 14.5. The Bertz CT molecular complexity index is 983. The van der Waals surface area contributed by atoms with E-state index in [0.717, 1.165) is 5.56 Å². The van der Waals surface area contributed by atoms with Crippen LogP contribution in [0.5, 0.6) is 0 Å². The van der Waals surface area contributed by atoms with Crippen molar-refractivity contribution in [2.45, 2.75) is 11.4 Å². The van der Waals surface area contributed by atoms with Crippen LogP contribution in [0.1, 0.15) is 16.1 Å². The summed E-state index contributed by atoms with van der Waals surface area (Å²) >= 11 is 5.84. The number of nitrogens with one attached hydrogen (secondary N) is 1. The van der Waals surface area contributed by atoms with E-state index < -0.39 is 15.9 Å². The van der Waals surface area contributed by atoms with Gasteiger partial charge in [-0.15, -0.1) is 0 Å². The minimum atomic E-state index is -3.93. The molecule has 0 unspecified atom stereocenters. The lowest BCUT2D eigenvalue weighted by atomic mass is 10.2. The predicted octanol–water partition coefficient (Wildman–Crippen LogP) is 2.70. The van der Waals surface area contributed by atoms with Crippen LogP contribution >= 0.6 is 11.6 Å². The summed E-state index contributed by atoms with van der Waals surface area (Å²) in [6.07, 6.45) is 2.96. The van der Waals surface area contributed by atoms with Gasteiger partial charge in [0.05, 0.1) is 11.2 Å². The van der Waals surface area contributed by atoms with Crippen LogP contribution in [0.15, 0.2) is 72.0 Å². The average molecular weight is 376 g/mol. The first-order chi connectivity index (χ1) is 11.9. The minimum absolute atomic E-state index is 0.0175. The number of halogens is 1. The van der Waals surface area contributed by atoms with Crippen LogP contribution in [0, 0.1) is 0 Å². The molecule has 8 heteroatoms. The molecule has 2 aromatic carbocycles. The number of carbonyl (C=O) groups is 1. The Hall–Kier alpha value is -2.64. The van der Waals surface area contributed by atoms with Crippen molar-refractivity contribution >= 4 is 27.5 Å². The zero-order chi connectivity index (χ0) is 17.9. The van der Waals surface area contributed by atoms with E-state index in [1.807, 2.05) is 16.9 Å². The molecule has 0 radical (unpaired) electrons. The molecular formula is C17H14ClN3O3S. The molecule has 3 aromatic rings. The lowest BCUT2D eigenvalue weighted by molar-refractivity contribution is 0.0977. The highest BCUT2D eigenvalue weighted by atomic mass is 35.5. The van der Waals surface area contributed by atoms with Crippen LogP contribution in [0.2, 0.25) is 5.02 Å². The molecule has 128 valence electrons. The monoisotopic (exact) mass is 375 g/mol. The van der Waals surface area contributed by atoms with Crippen LogP contribution in [0.3, 0.4) is 0 Å². The zero-order valence-electron chi connectivity index (χ0n) is 13.0. The average Bonchev–Trinajstić information content (AvgIpc) is 3.06. The van der Waals surface area contributed by atoms with E-state index in [9.17, 15) is 13.2 Å². The molecule has 1 aromatic heterocycles. The highest BCUT2D eigenvalue weighted by Crippen LogP contribution is 2.12. The van der Waals surface area contributed by atoms with Gasteiger partial charge in [0.15, 0.2) is 0 Å². The molecule has 1 amide bonds. The fourth-order valence-corrected chi connectivity index (χ4v) is 3.31. The van der Waals surface area contributed by atoms with E-state index in [2.05, 4.69) is 4.98 Å². The Morgan fingerprint density at radius 1 is 1.08 bits per heavy atom. The molecule has 0 aliphatic heterocycles. The Labute approximate surface area is 150 Å². The molecule has 1 heterocycles. The van der Waals surface area contributed by atoms with Crippen molar-refractivity contribution in [2.24, 2.45) is 0 Å². The van der Waals surface area contributed by atoms with E-state index in [1.54, 1.807) is 34.9 Å². The molecule has 0 spiro atoms. The van der Waals surface area contributed by atoms with Crippen LogP contribution in [0.4, 0.5) is 0 Å². The number of aromatic nitrogens is 2. The topological polar surface area (TPSA) is 81.1 Å². The number of hydrogen-bond acceptors (Lipinski definition) is 4. The molecule has 0 fully saturated rings. The lowest BCUT2D eigenvalue weighted by Gasteiger charge is -2.05. The molecule has 3 rings (SSSR count). The minimum Gasteiger partial charge on any atom is -0.332 e. The molecule has 0 aliphatic rings. The van der Waals surface area contributed by atoms with Gasteiger partial charge in [0.2, 0.25) is 0 Å². The second-order valence-corrected chi connectivity index (χ2v) is 7.42. The number of sulfonamides is 1. The summed E-state index contributed by atoms with van der Waals surface area (Å²) in [5.74, 6) is -0.779.